The molecule has 11 heavy (non-hydrogen) atoms. The highest BCUT2D eigenvalue weighted by Gasteiger charge is 2.35. The fourth-order valence-corrected chi connectivity index (χ4v) is 1.80. The van der Waals surface area contributed by atoms with Crippen LogP contribution in [0.2, 0.25) is 0 Å². The molecule has 0 radical (unpaired) electrons. The minimum absolute atomic E-state index is 0.351. The molecule has 0 aromatic carbocycles. The van der Waals surface area contributed by atoms with Crippen molar-refractivity contribution in [1.82, 2.24) is 4.90 Å². The van der Waals surface area contributed by atoms with Gasteiger partial charge in [0.25, 0.3) is 0 Å². The molecule has 2 saturated heterocycles. The summed E-state index contributed by atoms with van der Waals surface area (Å²) in [6, 6.07) is 0. The number of hydrogen-bond acceptors (Lipinski definition) is 3. The first kappa shape index (κ1) is 7.53. The van der Waals surface area contributed by atoms with Crippen LogP contribution in [0.5, 0.6) is 0 Å². The van der Waals surface area contributed by atoms with E-state index < -0.39 is 0 Å². The quantitative estimate of drug-likeness (QED) is 0.539. The second-order valence-electron chi connectivity index (χ2n) is 3.17. The molecule has 2 fully saturated rings. The van der Waals surface area contributed by atoms with Gasteiger partial charge in [-0.05, 0) is 6.54 Å². The van der Waals surface area contributed by atoms with Crippen molar-refractivity contribution in [1.29, 1.82) is 0 Å². The van der Waals surface area contributed by atoms with Crippen LogP contribution in [0.1, 0.15) is 6.92 Å². The highest BCUT2D eigenvalue weighted by molar-refractivity contribution is 4.86. The first-order valence-electron chi connectivity index (χ1n) is 4.35. The van der Waals surface area contributed by atoms with Crippen molar-refractivity contribution in [3.8, 4) is 0 Å². The topological polar surface area (TPSA) is 21.7 Å². The zero-order chi connectivity index (χ0) is 7.68. The lowest BCUT2D eigenvalue weighted by atomic mass is 10.2. The Hall–Kier alpha value is -0.120. The molecule has 0 N–H and O–H groups in total. The Kier molecular flexibility index (Phi) is 2.11. The smallest absolute Gasteiger partial charge is 0.0976 e. The summed E-state index contributed by atoms with van der Waals surface area (Å²) < 4.78 is 11.1. The molecule has 2 aliphatic heterocycles. The van der Waals surface area contributed by atoms with E-state index in [0.29, 0.717) is 12.2 Å². The van der Waals surface area contributed by atoms with Gasteiger partial charge in [-0.2, -0.15) is 0 Å². The molecule has 0 saturated carbocycles. The van der Waals surface area contributed by atoms with Gasteiger partial charge >= 0.3 is 0 Å². The van der Waals surface area contributed by atoms with E-state index in [1.54, 1.807) is 0 Å². The van der Waals surface area contributed by atoms with Gasteiger partial charge in [-0.3, -0.25) is 4.90 Å². The van der Waals surface area contributed by atoms with E-state index in [2.05, 4.69) is 11.8 Å². The number of likely N-dealkylation sites (tertiary alicyclic amines) is 1. The Bertz CT molecular complexity index is 126. The highest BCUT2D eigenvalue weighted by Crippen LogP contribution is 2.19. The minimum Gasteiger partial charge on any atom is -0.372 e. The Morgan fingerprint density at radius 1 is 1.18 bits per heavy atom. The number of likely N-dealkylation sites (N-methyl/N-ethyl adjacent to an activating group) is 1. The monoisotopic (exact) mass is 157 g/mol. The van der Waals surface area contributed by atoms with E-state index >= 15 is 0 Å². The Labute approximate surface area is 67.3 Å². The van der Waals surface area contributed by atoms with Gasteiger partial charge in [0, 0.05) is 13.1 Å². The van der Waals surface area contributed by atoms with Gasteiger partial charge in [-0.15, -0.1) is 0 Å². The molecule has 0 aliphatic carbocycles. The zero-order valence-corrected chi connectivity index (χ0v) is 6.95. The zero-order valence-electron chi connectivity index (χ0n) is 6.95. The molecule has 0 aromatic heterocycles. The van der Waals surface area contributed by atoms with Crippen molar-refractivity contribution < 1.29 is 9.47 Å². The van der Waals surface area contributed by atoms with E-state index in [9.17, 15) is 0 Å². The minimum atomic E-state index is 0.351. The van der Waals surface area contributed by atoms with Crippen molar-refractivity contribution >= 4 is 0 Å². The fourth-order valence-electron chi connectivity index (χ4n) is 1.80. The summed E-state index contributed by atoms with van der Waals surface area (Å²) in [5.41, 5.74) is 0. The summed E-state index contributed by atoms with van der Waals surface area (Å²) in [5, 5.41) is 0. The SMILES string of the molecule is CCN1CC2OCCOC2C1. The molecular weight excluding hydrogens is 142 g/mol. The second kappa shape index (κ2) is 3.09. The van der Waals surface area contributed by atoms with Gasteiger partial charge in [0.05, 0.1) is 25.4 Å². The van der Waals surface area contributed by atoms with Gasteiger partial charge in [-0.25, -0.2) is 0 Å². The van der Waals surface area contributed by atoms with Crippen molar-refractivity contribution in [2.75, 3.05) is 32.8 Å². The average Bonchev–Trinajstić information content (AvgIpc) is 2.46. The summed E-state index contributed by atoms with van der Waals surface area (Å²) in [4.78, 5) is 2.38. The summed E-state index contributed by atoms with van der Waals surface area (Å²) in [6.07, 6.45) is 0.701. The lowest BCUT2D eigenvalue weighted by Crippen LogP contribution is -2.36. The van der Waals surface area contributed by atoms with Crippen LogP contribution >= 0.6 is 0 Å². The number of rotatable bonds is 1. The molecule has 0 aromatic rings. The molecule has 0 spiro atoms. The van der Waals surface area contributed by atoms with Crippen LogP contribution in [0.3, 0.4) is 0 Å². The molecular formula is C8H15NO2. The number of fused-ring (bicyclic) bond motifs is 1. The molecule has 3 nitrogen and oxygen atoms in total. The Balaban J connectivity index is 1.92. The molecule has 0 amide bonds. The number of ether oxygens (including phenoxy) is 2. The Morgan fingerprint density at radius 3 is 2.18 bits per heavy atom. The predicted octanol–water partition coefficient (Wildman–Crippen LogP) is 0.106. The van der Waals surface area contributed by atoms with Crippen LogP contribution in [0.15, 0.2) is 0 Å². The maximum atomic E-state index is 5.57. The molecule has 2 aliphatic rings. The van der Waals surface area contributed by atoms with Crippen LogP contribution in [-0.4, -0.2) is 50.0 Å². The van der Waals surface area contributed by atoms with E-state index in [1.807, 2.05) is 0 Å². The van der Waals surface area contributed by atoms with E-state index in [-0.39, 0.29) is 0 Å². The lowest BCUT2D eigenvalue weighted by Gasteiger charge is -2.24. The summed E-state index contributed by atoms with van der Waals surface area (Å²) in [6.45, 7) is 6.96. The van der Waals surface area contributed by atoms with Crippen LogP contribution in [0.25, 0.3) is 0 Å². The van der Waals surface area contributed by atoms with Crippen molar-refractivity contribution in [2.24, 2.45) is 0 Å². The van der Waals surface area contributed by atoms with Crippen molar-refractivity contribution in [3.05, 3.63) is 0 Å². The van der Waals surface area contributed by atoms with Gasteiger partial charge in [-0.1, -0.05) is 6.92 Å². The third-order valence-corrected chi connectivity index (χ3v) is 2.49. The van der Waals surface area contributed by atoms with Gasteiger partial charge in [0.2, 0.25) is 0 Å². The molecule has 2 rings (SSSR count). The third kappa shape index (κ3) is 1.41. The van der Waals surface area contributed by atoms with Crippen LogP contribution < -0.4 is 0 Å². The van der Waals surface area contributed by atoms with E-state index in [1.165, 1.54) is 0 Å². The maximum absolute atomic E-state index is 5.57. The van der Waals surface area contributed by atoms with E-state index in [0.717, 1.165) is 32.8 Å². The second-order valence-corrected chi connectivity index (χ2v) is 3.17. The average molecular weight is 157 g/mol. The predicted molar refractivity (Wildman–Crippen MR) is 41.6 cm³/mol. The van der Waals surface area contributed by atoms with Crippen molar-refractivity contribution in [3.63, 3.8) is 0 Å². The first-order chi connectivity index (χ1) is 5.40. The van der Waals surface area contributed by atoms with Gasteiger partial charge < -0.3 is 9.47 Å². The van der Waals surface area contributed by atoms with Crippen LogP contribution in [0, 0.1) is 0 Å². The molecule has 2 heterocycles. The van der Waals surface area contributed by atoms with E-state index in [4.69, 9.17) is 9.47 Å². The molecule has 2 unspecified atom stereocenters. The van der Waals surface area contributed by atoms with Gasteiger partial charge in [0.1, 0.15) is 0 Å². The third-order valence-electron chi connectivity index (χ3n) is 2.49. The normalized spacial score (nSPS) is 39.0. The number of nitrogens with zero attached hydrogens (tertiary/aromatic N) is 1. The summed E-state index contributed by atoms with van der Waals surface area (Å²) >= 11 is 0. The van der Waals surface area contributed by atoms with Gasteiger partial charge in [0.15, 0.2) is 0 Å². The molecule has 0 bridgehead atoms. The largest absolute Gasteiger partial charge is 0.372 e. The maximum Gasteiger partial charge on any atom is 0.0976 e. The molecule has 3 heteroatoms. The summed E-state index contributed by atoms with van der Waals surface area (Å²) in [5.74, 6) is 0. The Morgan fingerprint density at radius 2 is 1.73 bits per heavy atom. The number of hydrogen-bond donors (Lipinski definition) is 0. The van der Waals surface area contributed by atoms with Crippen molar-refractivity contribution in [2.45, 2.75) is 19.1 Å². The lowest BCUT2D eigenvalue weighted by molar-refractivity contribution is -0.116. The summed E-state index contributed by atoms with van der Waals surface area (Å²) in [7, 11) is 0. The standard InChI is InChI=1S/C8H15NO2/c1-2-9-5-7-8(6-9)11-4-3-10-7/h7-8H,2-6H2,1H3. The molecule has 64 valence electrons. The fraction of sp³-hybridized carbons (Fsp3) is 1.00. The first-order valence-corrected chi connectivity index (χ1v) is 4.35. The van der Waals surface area contributed by atoms with Crippen LogP contribution in [-0.2, 0) is 9.47 Å². The molecule has 2 atom stereocenters. The highest BCUT2D eigenvalue weighted by atomic mass is 16.6. The van der Waals surface area contributed by atoms with Crippen LogP contribution in [0.4, 0.5) is 0 Å².